The van der Waals surface area contributed by atoms with Crippen LogP contribution in [0.15, 0.2) is 79.0 Å². The molecule has 4 aromatic rings. The summed E-state index contributed by atoms with van der Waals surface area (Å²) in [5.74, 6) is 0.355. The second-order valence-corrected chi connectivity index (χ2v) is 9.17. The lowest BCUT2D eigenvalue weighted by Gasteiger charge is -2.16. The minimum atomic E-state index is -0.792. The van der Waals surface area contributed by atoms with Gasteiger partial charge >= 0.3 is 5.97 Å². The van der Waals surface area contributed by atoms with Crippen LogP contribution in [0.25, 0.3) is 22.5 Å². The molecule has 1 unspecified atom stereocenters. The molecule has 1 atom stereocenters. The average Bonchev–Trinajstić information content (AvgIpc) is 3.77. The summed E-state index contributed by atoms with van der Waals surface area (Å²) in [6.45, 7) is 0.157. The van der Waals surface area contributed by atoms with Crippen LogP contribution in [0.1, 0.15) is 36.4 Å². The lowest BCUT2D eigenvalue weighted by molar-refractivity contribution is -0.137. The van der Waals surface area contributed by atoms with Gasteiger partial charge in [0.2, 0.25) is 0 Å². The minimum absolute atomic E-state index is 0.0115. The number of carbonyl (C=O) groups is 1. The van der Waals surface area contributed by atoms with Crippen LogP contribution in [0.5, 0.6) is 11.5 Å². The zero-order valence-corrected chi connectivity index (χ0v) is 20.4. The molecule has 1 fully saturated rings. The van der Waals surface area contributed by atoms with Crippen LogP contribution >= 0.6 is 0 Å². The molecule has 0 saturated heterocycles. The van der Waals surface area contributed by atoms with Crippen molar-refractivity contribution in [1.29, 1.82) is 0 Å². The topological polar surface area (TPSA) is 81.5 Å². The van der Waals surface area contributed by atoms with Crippen molar-refractivity contribution in [2.24, 2.45) is 5.92 Å². The largest absolute Gasteiger partial charge is 0.497 e. The SMILES string of the molecule is COc1ccc(F)c(-c2ncc(COc3cccc(C(CC(=O)O)C4CC4)c3)nc2-c2ccccc2)c1. The van der Waals surface area contributed by atoms with Crippen LogP contribution in [0, 0.1) is 11.7 Å². The van der Waals surface area contributed by atoms with Gasteiger partial charge in [-0.25, -0.2) is 9.37 Å². The number of benzene rings is 3. The van der Waals surface area contributed by atoms with Crippen molar-refractivity contribution in [2.75, 3.05) is 7.11 Å². The van der Waals surface area contributed by atoms with E-state index in [2.05, 4.69) is 4.98 Å². The maximum atomic E-state index is 14.8. The summed E-state index contributed by atoms with van der Waals surface area (Å²) in [5.41, 5.74) is 3.61. The Labute approximate surface area is 214 Å². The molecular formula is C30H27FN2O4. The number of halogens is 1. The zero-order chi connectivity index (χ0) is 25.8. The molecule has 1 aliphatic rings. The van der Waals surface area contributed by atoms with Gasteiger partial charge in [0, 0.05) is 11.1 Å². The fourth-order valence-corrected chi connectivity index (χ4v) is 4.54. The fraction of sp³-hybridized carbons (Fsp3) is 0.233. The number of rotatable bonds is 10. The molecule has 0 aliphatic heterocycles. The van der Waals surface area contributed by atoms with Gasteiger partial charge in [-0.2, -0.15) is 0 Å². The molecule has 1 heterocycles. The van der Waals surface area contributed by atoms with Crippen LogP contribution in [-0.4, -0.2) is 28.2 Å². The van der Waals surface area contributed by atoms with Crippen LogP contribution in [-0.2, 0) is 11.4 Å². The number of methoxy groups -OCH3 is 1. The van der Waals surface area contributed by atoms with Crippen LogP contribution in [0.4, 0.5) is 4.39 Å². The Morgan fingerprint density at radius 3 is 2.57 bits per heavy atom. The third-order valence-corrected chi connectivity index (χ3v) is 6.56. The molecule has 0 bridgehead atoms. The summed E-state index contributed by atoms with van der Waals surface area (Å²) in [5, 5.41) is 9.34. The predicted octanol–water partition coefficient (Wildman–Crippen LogP) is 6.51. The second-order valence-electron chi connectivity index (χ2n) is 9.17. The van der Waals surface area contributed by atoms with Gasteiger partial charge in [-0.05, 0) is 60.6 Å². The highest BCUT2D eigenvalue weighted by atomic mass is 19.1. The summed E-state index contributed by atoms with van der Waals surface area (Å²) in [6.07, 6.45) is 3.81. The first-order valence-corrected chi connectivity index (χ1v) is 12.2. The minimum Gasteiger partial charge on any atom is -0.497 e. The van der Waals surface area contributed by atoms with Crippen LogP contribution < -0.4 is 9.47 Å². The van der Waals surface area contributed by atoms with E-state index in [1.807, 2.05) is 54.6 Å². The molecule has 188 valence electrons. The Hall–Kier alpha value is -4.26. The van der Waals surface area contributed by atoms with Crippen molar-refractivity contribution >= 4 is 5.97 Å². The van der Waals surface area contributed by atoms with Gasteiger partial charge in [0.25, 0.3) is 0 Å². The highest BCUT2D eigenvalue weighted by Crippen LogP contribution is 2.45. The van der Waals surface area contributed by atoms with Gasteiger partial charge in [-0.1, -0.05) is 42.5 Å². The number of carboxylic acid groups (broad SMARTS) is 1. The third kappa shape index (κ3) is 5.77. The Kier molecular flexibility index (Phi) is 7.12. The number of ether oxygens (including phenoxy) is 2. The molecule has 1 aromatic heterocycles. The Balaban J connectivity index is 1.43. The van der Waals surface area contributed by atoms with E-state index in [-0.39, 0.29) is 18.9 Å². The van der Waals surface area contributed by atoms with Gasteiger partial charge in [-0.15, -0.1) is 0 Å². The molecule has 0 spiro atoms. The van der Waals surface area contributed by atoms with Gasteiger partial charge in [-0.3, -0.25) is 9.78 Å². The Morgan fingerprint density at radius 2 is 1.84 bits per heavy atom. The predicted molar refractivity (Wildman–Crippen MR) is 138 cm³/mol. The number of nitrogens with zero attached hydrogens (tertiary/aromatic N) is 2. The van der Waals surface area contributed by atoms with E-state index in [4.69, 9.17) is 14.5 Å². The summed E-state index contributed by atoms with van der Waals surface area (Å²) in [4.78, 5) is 20.7. The number of hydrogen-bond donors (Lipinski definition) is 1. The quantitative estimate of drug-likeness (QED) is 0.269. The van der Waals surface area contributed by atoms with Crippen molar-refractivity contribution in [3.63, 3.8) is 0 Å². The van der Waals surface area contributed by atoms with Gasteiger partial charge in [0.05, 0.1) is 36.8 Å². The molecule has 7 heteroatoms. The van der Waals surface area contributed by atoms with E-state index in [0.29, 0.717) is 40.1 Å². The average molecular weight is 499 g/mol. The van der Waals surface area contributed by atoms with Gasteiger partial charge < -0.3 is 14.6 Å². The molecule has 1 N–H and O–H groups in total. The van der Waals surface area contributed by atoms with Gasteiger partial charge in [0.15, 0.2) is 0 Å². The number of carboxylic acids is 1. The molecular weight excluding hydrogens is 471 g/mol. The summed E-state index contributed by atoms with van der Waals surface area (Å²) in [6, 6.07) is 21.6. The van der Waals surface area contributed by atoms with E-state index >= 15 is 0 Å². The fourth-order valence-electron chi connectivity index (χ4n) is 4.54. The van der Waals surface area contributed by atoms with Crippen molar-refractivity contribution in [3.05, 3.63) is 96.1 Å². The number of aliphatic carboxylic acids is 1. The lowest BCUT2D eigenvalue weighted by atomic mass is 9.91. The normalized spacial score (nSPS) is 13.7. The zero-order valence-electron chi connectivity index (χ0n) is 20.4. The monoisotopic (exact) mass is 498 g/mol. The highest BCUT2D eigenvalue weighted by Gasteiger charge is 2.33. The lowest BCUT2D eigenvalue weighted by Crippen LogP contribution is -2.09. The number of hydrogen-bond acceptors (Lipinski definition) is 5. The van der Waals surface area contributed by atoms with Crippen LogP contribution in [0.2, 0.25) is 0 Å². The summed E-state index contributed by atoms with van der Waals surface area (Å²) in [7, 11) is 1.53. The van der Waals surface area contributed by atoms with E-state index < -0.39 is 11.8 Å². The van der Waals surface area contributed by atoms with Crippen molar-refractivity contribution in [2.45, 2.75) is 31.8 Å². The Bertz CT molecular complexity index is 1410. The first-order valence-electron chi connectivity index (χ1n) is 12.2. The van der Waals surface area contributed by atoms with Crippen molar-refractivity contribution in [1.82, 2.24) is 9.97 Å². The van der Waals surface area contributed by atoms with Crippen molar-refractivity contribution in [3.8, 4) is 34.0 Å². The van der Waals surface area contributed by atoms with Crippen molar-refractivity contribution < 1.29 is 23.8 Å². The summed E-state index contributed by atoms with van der Waals surface area (Å²) < 4.78 is 26.1. The van der Waals surface area contributed by atoms with Crippen LogP contribution in [0.3, 0.4) is 0 Å². The molecule has 3 aromatic carbocycles. The molecule has 0 amide bonds. The number of aromatic nitrogens is 2. The molecule has 1 aliphatic carbocycles. The van der Waals surface area contributed by atoms with E-state index in [9.17, 15) is 14.3 Å². The standard InChI is InChI=1S/C30H27FN2O4/c1-36-23-12-13-27(31)26(15-23)30-29(20-6-3-2-4-7-20)33-22(17-32-30)18-37-24-9-5-8-21(14-24)25(16-28(34)35)19-10-11-19/h2-9,12-15,17,19,25H,10-11,16,18H2,1H3,(H,34,35). The smallest absolute Gasteiger partial charge is 0.303 e. The van der Waals surface area contributed by atoms with E-state index in [1.165, 1.54) is 13.2 Å². The third-order valence-electron chi connectivity index (χ3n) is 6.56. The highest BCUT2D eigenvalue weighted by molar-refractivity contribution is 5.78. The first-order chi connectivity index (χ1) is 18.0. The van der Waals surface area contributed by atoms with Gasteiger partial charge in [0.1, 0.15) is 23.9 Å². The molecule has 1 saturated carbocycles. The maximum Gasteiger partial charge on any atom is 0.303 e. The molecule has 6 nitrogen and oxygen atoms in total. The second kappa shape index (κ2) is 10.8. The summed E-state index contributed by atoms with van der Waals surface area (Å²) >= 11 is 0. The van der Waals surface area contributed by atoms with E-state index in [0.717, 1.165) is 24.0 Å². The van der Waals surface area contributed by atoms with E-state index in [1.54, 1.807) is 18.3 Å². The first kappa shape index (κ1) is 24.4. The Morgan fingerprint density at radius 1 is 1.03 bits per heavy atom. The molecule has 5 rings (SSSR count). The molecule has 0 radical (unpaired) electrons. The molecule has 37 heavy (non-hydrogen) atoms. The maximum absolute atomic E-state index is 14.8.